The molecule has 5 nitrogen and oxygen atoms in total. The summed E-state index contributed by atoms with van der Waals surface area (Å²) in [6.45, 7) is 6.03. The van der Waals surface area contributed by atoms with Crippen LogP contribution in [-0.2, 0) is 11.2 Å². The third-order valence-electron chi connectivity index (χ3n) is 5.38. The number of anilines is 1. The van der Waals surface area contributed by atoms with Crippen LogP contribution in [0, 0.1) is 20.8 Å². The Balaban J connectivity index is 1.61. The molecule has 4 aromatic rings. The van der Waals surface area contributed by atoms with Crippen molar-refractivity contribution in [2.45, 2.75) is 33.6 Å². The van der Waals surface area contributed by atoms with E-state index in [1.807, 2.05) is 104 Å². The summed E-state index contributed by atoms with van der Waals surface area (Å²) in [5.74, 6) is 1.33. The minimum Gasteiger partial charge on any atom is -0.439 e. The van der Waals surface area contributed by atoms with E-state index in [1.165, 1.54) is 0 Å². The predicted octanol–water partition coefficient (Wildman–Crippen LogP) is 6.16. The largest absolute Gasteiger partial charge is 0.439 e. The van der Waals surface area contributed by atoms with Crippen LogP contribution in [-0.4, -0.2) is 15.7 Å². The molecule has 0 aliphatic rings. The van der Waals surface area contributed by atoms with Gasteiger partial charge in [-0.3, -0.25) is 4.79 Å². The number of aryl methyl sites for hydroxylation is 3. The van der Waals surface area contributed by atoms with Gasteiger partial charge >= 0.3 is 0 Å². The summed E-state index contributed by atoms with van der Waals surface area (Å²) in [5, 5.41) is 7.74. The molecule has 1 heterocycles. The third kappa shape index (κ3) is 4.89. The Morgan fingerprint density at radius 2 is 1.59 bits per heavy atom. The van der Waals surface area contributed by atoms with E-state index in [-0.39, 0.29) is 5.91 Å². The van der Waals surface area contributed by atoms with Crippen molar-refractivity contribution < 1.29 is 9.53 Å². The zero-order valence-corrected chi connectivity index (χ0v) is 18.6. The van der Waals surface area contributed by atoms with Crippen molar-refractivity contribution >= 4 is 11.6 Å². The molecule has 0 fully saturated rings. The van der Waals surface area contributed by atoms with Gasteiger partial charge in [0.05, 0.1) is 11.4 Å². The van der Waals surface area contributed by atoms with E-state index in [0.717, 1.165) is 39.5 Å². The monoisotopic (exact) mass is 425 g/mol. The number of carbonyl (C=O) groups excluding carboxylic acids is 1. The van der Waals surface area contributed by atoms with Crippen molar-refractivity contribution in [1.29, 1.82) is 0 Å². The van der Waals surface area contributed by atoms with Crippen molar-refractivity contribution in [3.8, 4) is 17.3 Å². The Hall–Kier alpha value is -3.86. The summed E-state index contributed by atoms with van der Waals surface area (Å²) in [6.07, 6.45) is 0.858. The molecule has 0 unspecified atom stereocenters. The van der Waals surface area contributed by atoms with Gasteiger partial charge in [-0.2, -0.15) is 9.78 Å². The van der Waals surface area contributed by atoms with Crippen molar-refractivity contribution in [2.24, 2.45) is 0 Å². The van der Waals surface area contributed by atoms with E-state index in [4.69, 9.17) is 9.84 Å². The SMILES string of the molecule is Cc1ccc(NC(=O)CCc2c(C)nn(-c3ccccc3C)c2Oc2ccccc2)cc1. The number of nitrogens with zero attached hydrogens (tertiary/aromatic N) is 2. The number of aromatic nitrogens is 2. The molecule has 1 aromatic heterocycles. The molecule has 3 aromatic carbocycles. The van der Waals surface area contributed by atoms with E-state index >= 15 is 0 Å². The molecule has 1 N–H and O–H groups in total. The third-order valence-corrected chi connectivity index (χ3v) is 5.38. The van der Waals surface area contributed by atoms with Crippen LogP contribution in [0.4, 0.5) is 5.69 Å². The molecule has 0 saturated carbocycles. The van der Waals surface area contributed by atoms with Crippen LogP contribution in [0.15, 0.2) is 78.9 Å². The van der Waals surface area contributed by atoms with Gasteiger partial charge in [-0.25, -0.2) is 0 Å². The number of ether oxygens (including phenoxy) is 1. The van der Waals surface area contributed by atoms with Crippen LogP contribution in [0.1, 0.15) is 28.8 Å². The maximum Gasteiger partial charge on any atom is 0.226 e. The molecule has 4 rings (SSSR count). The number of amides is 1. The molecule has 5 heteroatoms. The van der Waals surface area contributed by atoms with Crippen molar-refractivity contribution in [1.82, 2.24) is 9.78 Å². The normalized spacial score (nSPS) is 10.7. The van der Waals surface area contributed by atoms with E-state index in [1.54, 1.807) is 0 Å². The number of nitrogens with one attached hydrogen (secondary N) is 1. The highest BCUT2D eigenvalue weighted by molar-refractivity contribution is 5.90. The number of rotatable bonds is 7. The molecule has 0 bridgehead atoms. The van der Waals surface area contributed by atoms with Gasteiger partial charge in [0, 0.05) is 17.7 Å². The second-order valence-corrected chi connectivity index (χ2v) is 7.90. The van der Waals surface area contributed by atoms with Gasteiger partial charge in [0.1, 0.15) is 5.75 Å². The second kappa shape index (κ2) is 9.52. The first-order valence-corrected chi connectivity index (χ1v) is 10.7. The van der Waals surface area contributed by atoms with E-state index in [0.29, 0.717) is 18.7 Å². The number of benzene rings is 3. The molecular formula is C27H27N3O2. The topological polar surface area (TPSA) is 56.2 Å². The van der Waals surface area contributed by atoms with Crippen LogP contribution in [0.3, 0.4) is 0 Å². The van der Waals surface area contributed by atoms with Crippen molar-refractivity contribution in [3.63, 3.8) is 0 Å². The Bertz CT molecular complexity index is 1210. The fraction of sp³-hybridized carbons (Fsp3) is 0.185. The number of para-hydroxylation sites is 2. The van der Waals surface area contributed by atoms with Gasteiger partial charge in [0.2, 0.25) is 11.8 Å². The summed E-state index contributed by atoms with van der Waals surface area (Å²) >= 11 is 0. The first kappa shape index (κ1) is 21.4. The lowest BCUT2D eigenvalue weighted by atomic mass is 10.1. The predicted molar refractivity (Wildman–Crippen MR) is 128 cm³/mol. The quantitative estimate of drug-likeness (QED) is 0.386. The smallest absolute Gasteiger partial charge is 0.226 e. The summed E-state index contributed by atoms with van der Waals surface area (Å²) in [7, 11) is 0. The number of hydrogen-bond donors (Lipinski definition) is 1. The fourth-order valence-electron chi connectivity index (χ4n) is 3.59. The Kier molecular flexibility index (Phi) is 6.36. The van der Waals surface area contributed by atoms with E-state index in [9.17, 15) is 4.79 Å². The standard InChI is InChI=1S/C27H27N3O2/c1-19-13-15-22(16-14-19)28-26(31)18-17-24-21(3)29-30(25-12-8-7-9-20(25)2)27(24)32-23-10-5-4-6-11-23/h4-16H,17-18H2,1-3H3,(H,28,31). The van der Waals surface area contributed by atoms with Gasteiger partial charge in [0.15, 0.2) is 0 Å². The molecule has 162 valence electrons. The van der Waals surface area contributed by atoms with Crippen LogP contribution in [0.2, 0.25) is 0 Å². The van der Waals surface area contributed by atoms with E-state index in [2.05, 4.69) is 5.32 Å². The first-order valence-electron chi connectivity index (χ1n) is 10.7. The van der Waals surface area contributed by atoms with Crippen LogP contribution < -0.4 is 10.1 Å². The van der Waals surface area contributed by atoms with Crippen molar-refractivity contribution in [3.05, 3.63) is 101 Å². The van der Waals surface area contributed by atoms with Gasteiger partial charge in [-0.15, -0.1) is 0 Å². The van der Waals surface area contributed by atoms with Gasteiger partial charge in [0.25, 0.3) is 0 Å². The van der Waals surface area contributed by atoms with Crippen LogP contribution in [0.5, 0.6) is 11.6 Å². The molecule has 0 aliphatic carbocycles. The van der Waals surface area contributed by atoms with Gasteiger partial charge < -0.3 is 10.1 Å². The highest BCUT2D eigenvalue weighted by Crippen LogP contribution is 2.32. The summed E-state index contributed by atoms with van der Waals surface area (Å²) in [6, 6.07) is 25.5. The van der Waals surface area contributed by atoms with Crippen LogP contribution in [0.25, 0.3) is 5.69 Å². The lowest BCUT2D eigenvalue weighted by Crippen LogP contribution is -2.12. The Morgan fingerprint density at radius 3 is 2.31 bits per heavy atom. The fourth-order valence-corrected chi connectivity index (χ4v) is 3.59. The molecular weight excluding hydrogens is 398 g/mol. The summed E-state index contributed by atoms with van der Waals surface area (Å²) in [4.78, 5) is 12.6. The highest BCUT2D eigenvalue weighted by Gasteiger charge is 2.20. The highest BCUT2D eigenvalue weighted by atomic mass is 16.5. The second-order valence-electron chi connectivity index (χ2n) is 7.90. The molecule has 0 spiro atoms. The number of hydrogen-bond acceptors (Lipinski definition) is 3. The van der Waals surface area contributed by atoms with E-state index < -0.39 is 0 Å². The van der Waals surface area contributed by atoms with Gasteiger partial charge in [-0.1, -0.05) is 54.1 Å². The van der Waals surface area contributed by atoms with Crippen molar-refractivity contribution in [2.75, 3.05) is 5.32 Å². The minimum absolute atomic E-state index is 0.0393. The zero-order chi connectivity index (χ0) is 22.5. The molecule has 1 amide bonds. The average Bonchev–Trinajstić information content (AvgIpc) is 3.09. The molecule has 0 radical (unpaired) electrons. The Morgan fingerprint density at radius 1 is 0.906 bits per heavy atom. The maximum absolute atomic E-state index is 12.6. The number of carbonyl (C=O) groups is 1. The van der Waals surface area contributed by atoms with Gasteiger partial charge in [-0.05, 0) is 63.1 Å². The Labute approximate surface area is 188 Å². The maximum atomic E-state index is 12.6. The molecule has 0 atom stereocenters. The molecule has 0 aliphatic heterocycles. The average molecular weight is 426 g/mol. The van der Waals surface area contributed by atoms with Crippen LogP contribution >= 0.6 is 0 Å². The first-order chi connectivity index (χ1) is 15.5. The lowest BCUT2D eigenvalue weighted by molar-refractivity contribution is -0.116. The lowest BCUT2D eigenvalue weighted by Gasteiger charge is -2.13. The minimum atomic E-state index is -0.0393. The summed E-state index contributed by atoms with van der Waals surface area (Å²) < 4.78 is 8.14. The molecule has 32 heavy (non-hydrogen) atoms. The zero-order valence-electron chi connectivity index (χ0n) is 18.6. The summed E-state index contributed by atoms with van der Waals surface area (Å²) in [5.41, 5.74) is 5.78. The molecule has 0 saturated heterocycles.